The number of hydrogen-bond donors (Lipinski definition) is 2. The monoisotopic (exact) mass is 493 g/mol. The second kappa shape index (κ2) is 11.3. The van der Waals surface area contributed by atoms with E-state index in [4.69, 9.17) is 23.7 Å². The van der Waals surface area contributed by atoms with Crippen LogP contribution in [0.2, 0.25) is 0 Å². The minimum absolute atomic E-state index is 0.232. The highest BCUT2D eigenvalue weighted by Gasteiger charge is 2.60. The Morgan fingerprint density at radius 3 is 2.60 bits per heavy atom. The number of allylic oxidation sites excluding steroid dienone is 2. The molecule has 0 bridgehead atoms. The lowest BCUT2D eigenvalue weighted by Gasteiger charge is -2.41. The third-order valence-electron chi connectivity index (χ3n) is 6.32. The normalized spacial score (nSPS) is 35.9. The number of epoxide rings is 1. The van der Waals surface area contributed by atoms with E-state index in [-0.39, 0.29) is 23.7 Å². The van der Waals surface area contributed by atoms with Gasteiger partial charge >= 0.3 is 5.97 Å². The van der Waals surface area contributed by atoms with E-state index in [1.807, 2.05) is 45.9 Å². The average Bonchev–Trinajstić information content (AvgIpc) is 3.53. The SMILES string of the molecule is CC(=O)O[C@H](C)C=CC(=O)N[C@@H]1CO[C@H](CC=C(C)C=C[C@H]2OC(C)(C)C[C@@]3(CO3)[C@@H]2O)O[C@@H]1C. The van der Waals surface area contributed by atoms with Gasteiger partial charge in [0.1, 0.15) is 23.9 Å². The molecule has 9 heteroatoms. The van der Waals surface area contributed by atoms with Crippen LogP contribution in [-0.2, 0) is 33.3 Å². The second-order valence-electron chi connectivity index (χ2n) is 10.3. The first kappa shape index (κ1) is 27.5. The Morgan fingerprint density at radius 2 is 1.97 bits per heavy atom. The molecule has 0 aromatic rings. The number of ether oxygens (including phenoxy) is 5. The second-order valence-corrected chi connectivity index (χ2v) is 10.3. The Bertz CT molecular complexity index is 859. The molecule has 7 atom stereocenters. The van der Waals surface area contributed by atoms with Gasteiger partial charge in [-0.15, -0.1) is 0 Å². The Labute approximate surface area is 207 Å². The van der Waals surface area contributed by atoms with Crippen LogP contribution in [-0.4, -0.2) is 78.1 Å². The molecule has 0 radical (unpaired) electrons. The molecule has 2 N–H and O–H groups in total. The van der Waals surface area contributed by atoms with Crippen LogP contribution in [0, 0.1) is 0 Å². The van der Waals surface area contributed by atoms with Gasteiger partial charge in [-0.3, -0.25) is 9.59 Å². The first-order valence-electron chi connectivity index (χ1n) is 12.2. The average molecular weight is 494 g/mol. The summed E-state index contributed by atoms with van der Waals surface area (Å²) in [5, 5.41) is 13.5. The fourth-order valence-corrected chi connectivity index (χ4v) is 4.46. The summed E-state index contributed by atoms with van der Waals surface area (Å²) in [5.41, 5.74) is 0.165. The molecule has 0 unspecified atom stereocenters. The molecule has 1 amide bonds. The van der Waals surface area contributed by atoms with Crippen molar-refractivity contribution in [1.82, 2.24) is 5.32 Å². The summed E-state index contributed by atoms with van der Waals surface area (Å²) >= 11 is 0. The Balaban J connectivity index is 1.44. The van der Waals surface area contributed by atoms with Crippen LogP contribution >= 0.6 is 0 Å². The Hall–Kier alpha value is -2.04. The van der Waals surface area contributed by atoms with E-state index in [1.165, 1.54) is 19.1 Å². The van der Waals surface area contributed by atoms with Gasteiger partial charge < -0.3 is 34.1 Å². The van der Waals surface area contributed by atoms with Gasteiger partial charge in [-0.05, 0) is 40.7 Å². The van der Waals surface area contributed by atoms with Gasteiger partial charge in [0.05, 0.1) is 31.0 Å². The minimum atomic E-state index is -0.683. The third kappa shape index (κ3) is 7.98. The third-order valence-corrected chi connectivity index (χ3v) is 6.32. The van der Waals surface area contributed by atoms with Crippen molar-refractivity contribution in [3.63, 3.8) is 0 Å². The van der Waals surface area contributed by atoms with Crippen LogP contribution in [0.1, 0.15) is 54.4 Å². The first-order chi connectivity index (χ1) is 16.4. The summed E-state index contributed by atoms with van der Waals surface area (Å²) < 4.78 is 28.3. The summed E-state index contributed by atoms with van der Waals surface area (Å²) in [6, 6.07) is -0.289. The van der Waals surface area contributed by atoms with Gasteiger partial charge in [-0.1, -0.05) is 23.8 Å². The van der Waals surface area contributed by atoms with Crippen LogP contribution in [0.4, 0.5) is 0 Å². The number of nitrogens with one attached hydrogen (secondary N) is 1. The van der Waals surface area contributed by atoms with Crippen LogP contribution in [0.3, 0.4) is 0 Å². The number of rotatable bonds is 8. The maximum atomic E-state index is 12.2. The fourth-order valence-electron chi connectivity index (χ4n) is 4.46. The highest BCUT2D eigenvalue weighted by atomic mass is 16.7. The van der Waals surface area contributed by atoms with Crippen LogP contribution in [0.5, 0.6) is 0 Å². The molecule has 9 nitrogen and oxygen atoms in total. The lowest BCUT2D eigenvalue weighted by atomic mass is 9.83. The lowest BCUT2D eigenvalue weighted by Crippen LogP contribution is -2.53. The van der Waals surface area contributed by atoms with E-state index >= 15 is 0 Å². The van der Waals surface area contributed by atoms with Crippen molar-refractivity contribution in [1.29, 1.82) is 0 Å². The zero-order valence-electron chi connectivity index (χ0n) is 21.5. The Kier molecular flexibility index (Phi) is 8.93. The van der Waals surface area contributed by atoms with Crippen molar-refractivity contribution < 1.29 is 38.4 Å². The summed E-state index contributed by atoms with van der Waals surface area (Å²) in [5.74, 6) is -0.706. The zero-order valence-corrected chi connectivity index (χ0v) is 21.5. The van der Waals surface area contributed by atoms with Gasteiger partial charge in [0.15, 0.2) is 6.29 Å². The molecule has 35 heavy (non-hydrogen) atoms. The van der Waals surface area contributed by atoms with Gasteiger partial charge in [-0.2, -0.15) is 0 Å². The van der Waals surface area contributed by atoms with Gasteiger partial charge in [0, 0.05) is 25.8 Å². The van der Waals surface area contributed by atoms with Crippen molar-refractivity contribution in [2.45, 2.75) is 102 Å². The fraction of sp³-hybridized carbons (Fsp3) is 0.692. The van der Waals surface area contributed by atoms with Gasteiger partial charge in [-0.25, -0.2) is 0 Å². The zero-order chi connectivity index (χ0) is 25.8. The minimum Gasteiger partial charge on any atom is -0.459 e. The first-order valence-corrected chi connectivity index (χ1v) is 12.2. The molecule has 3 saturated heterocycles. The number of carbonyl (C=O) groups is 2. The molecule has 0 saturated carbocycles. The maximum absolute atomic E-state index is 12.2. The van der Waals surface area contributed by atoms with Gasteiger partial charge in [0.25, 0.3) is 0 Å². The predicted molar refractivity (Wildman–Crippen MR) is 128 cm³/mol. The van der Waals surface area contributed by atoms with E-state index in [0.717, 1.165) is 5.57 Å². The molecule has 1 spiro atoms. The van der Waals surface area contributed by atoms with Crippen LogP contribution in [0.15, 0.2) is 36.0 Å². The van der Waals surface area contributed by atoms with Crippen LogP contribution in [0.25, 0.3) is 0 Å². The quantitative estimate of drug-likeness (QED) is 0.229. The summed E-state index contributed by atoms with van der Waals surface area (Å²) in [6.45, 7) is 11.8. The maximum Gasteiger partial charge on any atom is 0.303 e. The molecular formula is C26H39NO8. The number of carbonyl (C=O) groups excluding carboxylic acids is 2. The molecule has 3 fully saturated rings. The number of esters is 1. The predicted octanol–water partition coefficient (Wildman–Crippen LogP) is 2.33. The molecule has 196 valence electrons. The topological polar surface area (TPSA) is 116 Å². The molecule has 0 aliphatic carbocycles. The van der Waals surface area contributed by atoms with E-state index in [9.17, 15) is 14.7 Å². The van der Waals surface area contributed by atoms with E-state index in [0.29, 0.717) is 26.1 Å². The van der Waals surface area contributed by atoms with Gasteiger partial charge in [0.2, 0.25) is 5.91 Å². The Morgan fingerprint density at radius 1 is 1.26 bits per heavy atom. The number of amides is 1. The van der Waals surface area contributed by atoms with Crippen molar-refractivity contribution in [2.75, 3.05) is 13.2 Å². The van der Waals surface area contributed by atoms with Crippen molar-refractivity contribution in [3.8, 4) is 0 Å². The van der Waals surface area contributed by atoms with Crippen molar-refractivity contribution in [2.24, 2.45) is 0 Å². The summed E-state index contributed by atoms with van der Waals surface area (Å²) in [6.07, 6.45) is 7.68. The molecule has 0 aromatic carbocycles. The van der Waals surface area contributed by atoms with E-state index in [1.54, 1.807) is 6.92 Å². The molecule has 0 aromatic heterocycles. The largest absolute Gasteiger partial charge is 0.459 e. The summed E-state index contributed by atoms with van der Waals surface area (Å²) in [7, 11) is 0. The van der Waals surface area contributed by atoms with Crippen molar-refractivity contribution in [3.05, 3.63) is 36.0 Å². The number of aliphatic hydroxyl groups excluding tert-OH is 1. The van der Waals surface area contributed by atoms with E-state index < -0.39 is 36.2 Å². The molecule has 3 aliphatic rings. The number of hydrogen-bond acceptors (Lipinski definition) is 8. The molecule has 3 heterocycles. The highest BCUT2D eigenvalue weighted by molar-refractivity contribution is 5.87. The molecule has 3 aliphatic heterocycles. The highest BCUT2D eigenvalue weighted by Crippen LogP contribution is 2.46. The van der Waals surface area contributed by atoms with Crippen molar-refractivity contribution >= 4 is 11.9 Å². The van der Waals surface area contributed by atoms with Crippen LogP contribution < -0.4 is 5.32 Å². The lowest BCUT2D eigenvalue weighted by molar-refractivity contribution is -0.217. The number of aliphatic hydroxyl groups is 1. The summed E-state index contributed by atoms with van der Waals surface area (Å²) in [4.78, 5) is 23.1. The molecule has 3 rings (SSSR count). The standard InChI is InChI=1S/C26H39NO8/c1-16(7-10-21-24(30)26(15-32-26)14-25(5,6)35-21)8-12-23-31-13-20(18(3)34-23)27-22(29)11-9-17(2)33-19(4)28/h7-11,17-18,20-21,23-24,30H,12-15H2,1-6H3,(H,27,29)/t17-,18-,20-,21-,23+,24-,26-/m1/s1. The molecular weight excluding hydrogens is 454 g/mol. The smallest absolute Gasteiger partial charge is 0.303 e. The van der Waals surface area contributed by atoms with E-state index in [2.05, 4.69) is 5.32 Å².